The van der Waals surface area contributed by atoms with Crippen molar-refractivity contribution in [3.8, 4) is 0 Å². The van der Waals surface area contributed by atoms with Crippen LogP contribution >= 0.6 is 0 Å². The second-order valence-electron chi connectivity index (χ2n) is 15.9. The monoisotopic (exact) mass is 805 g/mol. The maximum absolute atomic E-state index is 12.8. The van der Waals surface area contributed by atoms with Crippen LogP contribution in [-0.4, -0.2) is 103 Å². The molecule has 13 nitrogen and oxygen atoms in total. The highest BCUT2D eigenvalue weighted by Gasteiger charge is 2.56. The van der Waals surface area contributed by atoms with Crippen molar-refractivity contribution in [2.45, 2.75) is 134 Å². The molecular formula is C45H59NO12. The van der Waals surface area contributed by atoms with Crippen LogP contribution in [0.2, 0.25) is 0 Å². The van der Waals surface area contributed by atoms with Crippen LogP contribution in [0.4, 0.5) is 0 Å². The topological polar surface area (TPSA) is 153 Å². The molecule has 0 bridgehead atoms. The lowest BCUT2D eigenvalue weighted by atomic mass is 9.78. The Labute approximate surface area is 341 Å². The van der Waals surface area contributed by atoms with Crippen LogP contribution in [0.15, 0.2) is 91.0 Å². The number of carbonyl (C=O) groups is 1. The molecule has 7 unspecified atom stereocenters. The first-order valence-electron chi connectivity index (χ1n) is 20.6. The Morgan fingerprint density at radius 3 is 1.93 bits per heavy atom. The highest BCUT2D eigenvalue weighted by molar-refractivity contribution is 5.73. The Balaban J connectivity index is 1.18. The van der Waals surface area contributed by atoms with Gasteiger partial charge in [0.15, 0.2) is 25.2 Å². The molecule has 16 atom stereocenters. The van der Waals surface area contributed by atoms with Gasteiger partial charge in [-0.2, -0.15) is 0 Å². The molecule has 3 N–H and O–H groups in total. The highest BCUT2D eigenvalue weighted by Crippen LogP contribution is 2.42. The van der Waals surface area contributed by atoms with E-state index in [1.165, 1.54) is 6.92 Å². The van der Waals surface area contributed by atoms with Crippen molar-refractivity contribution in [1.82, 2.24) is 5.32 Å². The molecule has 0 aliphatic carbocycles. The number of aliphatic hydroxyl groups is 2. The fourth-order valence-electron chi connectivity index (χ4n) is 8.49. The summed E-state index contributed by atoms with van der Waals surface area (Å²) in [6, 6.07) is 27.8. The van der Waals surface area contributed by atoms with Gasteiger partial charge in [0.1, 0.15) is 48.8 Å². The molecule has 4 heterocycles. The van der Waals surface area contributed by atoms with Gasteiger partial charge in [0.25, 0.3) is 0 Å². The molecule has 4 aliphatic rings. The number of benzene rings is 3. The van der Waals surface area contributed by atoms with E-state index in [0.717, 1.165) is 23.1 Å². The maximum Gasteiger partial charge on any atom is 0.217 e. The summed E-state index contributed by atoms with van der Waals surface area (Å²) in [6.07, 6.45) is -9.83. The van der Waals surface area contributed by atoms with Crippen molar-refractivity contribution in [3.63, 3.8) is 0 Å². The Morgan fingerprint density at radius 1 is 0.707 bits per heavy atom. The average Bonchev–Trinajstić information content (AvgIpc) is 3.25. The summed E-state index contributed by atoms with van der Waals surface area (Å²) in [6.45, 7) is 9.95. The van der Waals surface area contributed by atoms with Gasteiger partial charge in [0, 0.05) is 18.4 Å². The normalized spacial score (nSPS) is 37.8. The fraction of sp³-hybridized carbons (Fsp3) is 0.578. The molecule has 3 aromatic carbocycles. The Hall–Kier alpha value is -3.31. The summed E-state index contributed by atoms with van der Waals surface area (Å²) in [5, 5.41) is 26.2. The lowest BCUT2D eigenvalue weighted by Crippen LogP contribution is -2.69. The van der Waals surface area contributed by atoms with Crippen molar-refractivity contribution >= 4 is 5.91 Å². The quantitative estimate of drug-likeness (QED) is 0.201. The van der Waals surface area contributed by atoms with E-state index in [9.17, 15) is 15.0 Å². The molecule has 3 aromatic rings. The molecular weight excluding hydrogens is 746 g/mol. The second kappa shape index (κ2) is 19.8. The van der Waals surface area contributed by atoms with Gasteiger partial charge in [-0.25, -0.2) is 0 Å². The zero-order chi connectivity index (χ0) is 40.8. The lowest BCUT2D eigenvalue weighted by Gasteiger charge is -2.52. The summed E-state index contributed by atoms with van der Waals surface area (Å²) < 4.78 is 58.7. The molecule has 7 rings (SSSR count). The smallest absolute Gasteiger partial charge is 0.217 e. The number of aliphatic hydroxyl groups excluding tert-OH is 2. The number of nitrogens with one attached hydrogen (secondary N) is 1. The van der Waals surface area contributed by atoms with E-state index in [2.05, 4.69) is 33.0 Å². The minimum absolute atomic E-state index is 0.00272. The molecule has 0 aromatic heterocycles. The number of ether oxygens (including phenoxy) is 9. The van der Waals surface area contributed by atoms with Gasteiger partial charge >= 0.3 is 0 Å². The molecule has 13 heteroatoms. The molecule has 4 saturated heterocycles. The van der Waals surface area contributed by atoms with Gasteiger partial charge in [-0.3, -0.25) is 4.79 Å². The van der Waals surface area contributed by atoms with Crippen molar-refractivity contribution in [1.29, 1.82) is 0 Å². The minimum Gasteiger partial charge on any atom is -0.394 e. The summed E-state index contributed by atoms with van der Waals surface area (Å²) >= 11 is 0. The summed E-state index contributed by atoms with van der Waals surface area (Å²) in [7, 11) is 0. The largest absolute Gasteiger partial charge is 0.394 e. The number of hydrogen-bond donors (Lipinski definition) is 3. The number of hydrogen-bond acceptors (Lipinski definition) is 12. The predicted molar refractivity (Wildman–Crippen MR) is 210 cm³/mol. The maximum atomic E-state index is 12.8. The second-order valence-corrected chi connectivity index (χ2v) is 15.9. The fourth-order valence-corrected chi connectivity index (χ4v) is 8.49. The minimum atomic E-state index is -1.40. The lowest BCUT2D eigenvalue weighted by molar-refractivity contribution is -0.400. The molecule has 0 saturated carbocycles. The van der Waals surface area contributed by atoms with Gasteiger partial charge < -0.3 is 58.2 Å². The van der Waals surface area contributed by atoms with Crippen LogP contribution in [0.3, 0.4) is 0 Å². The molecule has 4 aliphatic heterocycles. The molecule has 0 radical (unpaired) electrons. The van der Waals surface area contributed by atoms with Crippen LogP contribution in [0.25, 0.3) is 0 Å². The SMILES string of the molecule is CCC1O[C@@H](O[C@@H]2C(O)[C@H](O[C@H]3C(OCc4ccccc4)C(NC(C)=O)[C@@H](OCc4ccccc4)O[C@@H]3CO)OC3COC(c4ccccc4)O[C@@H]32)C(C)[C@@H](C)[C@H]1C. The van der Waals surface area contributed by atoms with Gasteiger partial charge in [0.05, 0.1) is 32.5 Å². The van der Waals surface area contributed by atoms with Crippen molar-refractivity contribution in [2.24, 2.45) is 17.8 Å². The van der Waals surface area contributed by atoms with E-state index in [4.69, 9.17) is 42.6 Å². The zero-order valence-electron chi connectivity index (χ0n) is 33.9. The van der Waals surface area contributed by atoms with Crippen molar-refractivity contribution in [3.05, 3.63) is 108 Å². The molecule has 316 valence electrons. The summed E-state index contributed by atoms with van der Waals surface area (Å²) in [5.41, 5.74) is 2.59. The van der Waals surface area contributed by atoms with Crippen molar-refractivity contribution < 1.29 is 57.6 Å². The first-order valence-corrected chi connectivity index (χ1v) is 20.6. The van der Waals surface area contributed by atoms with E-state index in [0.29, 0.717) is 5.92 Å². The van der Waals surface area contributed by atoms with E-state index >= 15 is 0 Å². The number of fused-ring (bicyclic) bond motifs is 1. The third kappa shape index (κ3) is 9.83. The Bertz CT molecular complexity index is 1700. The van der Waals surface area contributed by atoms with Crippen LogP contribution in [0.1, 0.15) is 64.0 Å². The molecule has 0 spiro atoms. The molecule has 58 heavy (non-hydrogen) atoms. The Morgan fingerprint density at radius 2 is 1.31 bits per heavy atom. The van der Waals surface area contributed by atoms with E-state index in [1.807, 2.05) is 91.0 Å². The van der Waals surface area contributed by atoms with E-state index in [1.54, 1.807) is 0 Å². The summed E-state index contributed by atoms with van der Waals surface area (Å²) in [5.74, 6) is 0.257. The highest BCUT2D eigenvalue weighted by atomic mass is 16.8. The number of carbonyl (C=O) groups excluding carboxylic acids is 1. The van der Waals surface area contributed by atoms with Crippen LogP contribution in [0.5, 0.6) is 0 Å². The standard InChI is InChI=1S/C45H59NO12/c1-6-33-27(3)26(2)28(4)42(53-33)58-41-37(49)45(55-35-25-52-43(56-39(35)41)32-20-14-9-15-21-32)57-38-34(22-47)54-44(51-24-31-18-12-8-13-19-31)36(46-29(5)48)40(38)50-23-30-16-10-7-11-17-30/h7-21,26-28,33-45,47,49H,6,22-25H2,1-5H3,(H,46,48)/t26-,27+,28?,33?,34+,35?,36?,37?,38+,39-,40?,41+,42-,43?,44-,45-/m0/s1. The van der Waals surface area contributed by atoms with Gasteiger partial charge in [-0.1, -0.05) is 119 Å². The van der Waals surface area contributed by atoms with Crippen LogP contribution < -0.4 is 5.32 Å². The molecule has 4 fully saturated rings. The predicted octanol–water partition coefficient (Wildman–Crippen LogP) is 5.02. The first-order chi connectivity index (χ1) is 28.1. The molecule has 1 amide bonds. The van der Waals surface area contributed by atoms with E-state index < -0.39 is 80.5 Å². The van der Waals surface area contributed by atoms with Gasteiger partial charge in [-0.15, -0.1) is 0 Å². The van der Waals surface area contributed by atoms with Gasteiger partial charge in [-0.05, 0) is 29.4 Å². The van der Waals surface area contributed by atoms with Crippen LogP contribution in [0, 0.1) is 17.8 Å². The average molecular weight is 806 g/mol. The third-order valence-electron chi connectivity index (χ3n) is 12.1. The van der Waals surface area contributed by atoms with Crippen LogP contribution in [-0.2, 0) is 60.6 Å². The third-order valence-corrected chi connectivity index (χ3v) is 12.1. The number of amides is 1. The zero-order valence-corrected chi connectivity index (χ0v) is 33.9. The van der Waals surface area contributed by atoms with Crippen molar-refractivity contribution in [2.75, 3.05) is 13.2 Å². The Kier molecular flexibility index (Phi) is 14.6. The summed E-state index contributed by atoms with van der Waals surface area (Å²) in [4.78, 5) is 12.8. The van der Waals surface area contributed by atoms with Gasteiger partial charge in [0.2, 0.25) is 5.91 Å². The van der Waals surface area contributed by atoms with E-state index in [-0.39, 0.29) is 43.7 Å². The first kappa shape index (κ1) is 42.8. The number of rotatable bonds is 14.